The third-order valence-corrected chi connectivity index (χ3v) is 4.77. The molecule has 1 saturated heterocycles. The average Bonchev–Trinajstić information content (AvgIpc) is 3.36. The molecule has 0 radical (unpaired) electrons. The molecule has 1 aliphatic carbocycles. The van der Waals surface area contributed by atoms with Gasteiger partial charge >= 0.3 is 5.97 Å². The Bertz CT molecular complexity index is 553. The zero-order valence-corrected chi connectivity index (χ0v) is 13.2. The maximum absolute atomic E-state index is 12.7. The highest BCUT2D eigenvalue weighted by Gasteiger charge is 2.49. The number of hydrogen-bond acceptors (Lipinski definition) is 3. The molecule has 1 aromatic rings. The molecule has 124 valence electrons. The highest BCUT2D eigenvalue weighted by atomic mass is 16.5. The van der Waals surface area contributed by atoms with Gasteiger partial charge in [0, 0.05) is 26.3 Å². The van der Waals surface area contributed by atoms with Gasteiger partial charge in [0.2, 0.25) is 5.91 Å². The van der Waals surface area contributed by atoms with Crippen LogP contribution in [0.3, 0.4) is 0 Å². The third kappa shape index (κ3) is 4.10. The first kappa shape index (κ1) is 16.0. The van der Waals surface area contributed by atoms with E-state index in [1.54, 1.807) is 0 Å². The fourth-order valence-corrected chi connectivity index (χ4v) is 3.25. The minimum absolute atomic E-state index is 0.00672. The van der Waals surface area contributed by atoms with E-state index in [4.69, 9.17) is 9.84 Å². The van der Waals surface area contributed by atoms with E-state index in [1.165, 1.54) is 0 Å². The molecule has 1 saturated carbocycles. The van der Waals surface area contributed by atoms with Crippen LogP contribution in [0, 0.1) is 17.8 Å². The smallest absolute Gasteiger partial charge is 0.307 e. The molecule has 2 atom stereocenters. The number of aliphatic carboxylic acids is 1. The summed E-state index contributed by atoms with van der Waals surface area (Å²) >= 11 is 0. The Morgan fingerprint density at radius 2 is 1.83 bits per heavy atom. The molecular formula is C18H23NO4. The highest BCUT2D eigenvalue weighted by molar-refractivity contribution is 5.89. The lowest BCUT2D eigenvalue weighted by molar-refractivity contribution is -0.142. The van der Waals surface area contributed by atoms with Crippen molar-refractivity contribution in [2.75, 3.05) is 19.8 Å². The van der Waals surface area contributed by atoms with Gasteiger partial charge in [0.15, 0.2) is 0 Å². The van der Waals surface area contributed by atoms with Crippen molar-refractivity contribution < 1.29 is 19.4 Å². The predicted molar refractivity (Wildman–Crippen MR) is 84.6 cm³/mol. The van der Waals surface area contributed by atoms with E-state index in [0.29, 0.717) is 25.4 Å². The molecule has 3 rings (SSSR count). The van der Waals surface area contributed by atoms with E-state index < -0.39 is 11.9 Å². The molecule has 2 aliphatic rings. The quantitative estimate of drug-likeness (QED) is 0.873. The lowest BCUT2D eigenvalue weighted by Crippen LogP contribution is -2.38. The van der Waals surface area contributed by atoms with Crippen molar-refractivity contribution >= 4 is 11.9 Å². The lowest BCUT2D eigenvalue weighted by Gasteiger charge is -2.30. The van der Waals surface area contributed by atoms with Gasteiger partial charge in [-0.15, -0.1) is 0 Å². The SMILES string of the molecule is O=C(O)[C@@H]1C[C@H]1C(=O)N(Cc1ccccc1)CC1CCOCC1. The van der Waals surface area contributed by atoms with Crippen LogP contribution >= 0.6 is 0 Å². The summed E-state index contributed by atoms with van der Waals surface area (Å²) in [4.78, 5) is 25.6. The fourth-order valence-electron chi connectivity index (χ4n) is 3.25. The second kappa shape index (κ2) is 7.13. The predicted octanol–water partition coefficient (Wildman–Crippen LogP) is 2.16. The second-order valence-corrected chi connectivity index (χ2v) is 6.55. The number of rotatable bonds is 6. The van der Waals surface area contributed by atoms with Gasteiger partial charge in [-0.05, 0) is 30.7 Å². The summed E-state index contributed by atoms with van der Waals surface area (Å²) in [5.74, 6) is -1.24. The first-order chi connectivity index (χ1) is 11.1. The average molecular weight is 317 g/mol. The second-order valence-electron chi connectivity index (χ2n) is 6.55. The molecule has 2 fully saturated rings. The van der Waals surface area contributed by atoms with E-state index in [-0.39, 0.29) is 11.8 Å². The molecule has 1 N–H and O–H groups in total. The van der Waals surface area contributed by atoms with Crippen molar-refractivity contribution in [2.24, 2.45) is 17.8 Å². The molecule has 0 bridgehead atoms. The maximum atomic E-state index is 12.7. The van der Waals surface area contributed by atoms with Gasteiger partial charge in [-0.3, -0.25) is 9.59 Å². The van der Waals surface area contributed by atoms with Gasteiger partial charge < -0.3 is 14.7 Å². The summed E-state index contributed by atoms with van der Waals surface area (Å²) in [5, 5.41) is 9.08. The van der Waals surface area contributed by atoms with E-state index in [2.05, 4.69) is 0 Å². The Morgan fingerprint density at radius 1 is 1.13 bits per heavy atom. The van der Waals surface area contributed by atoms with Crippen molar-refractivity contribution in [1.29, 1.82) is 0 Å². The molecule has 1 aliphatic heterocycles. The number of carbonyl (C=O) groups excluding carboxylic acids is 1. The Hall–Kier alpha value is -1.88. The number of hydrogen-bond donors (Lipinski definition) is 1. The summed E-state index contributed by atoms with van der Waals surface area (Å²) < 4.78 is 5.39. The zero-order chi connectivity index (χ0) is 16.2. The van der Waals surface area contributed by atoms with Crippen LogP contribution in [0.25, 0.3) is 0 Å². The van der Waals surface area contributed by atoms with Crippen LogP contribution in [0.1, 0.15) is 24.8 Å². The fraction of sp³-hybridized carbons (Fsp3) is 0.556. The van der Waals surface area contributed by atoms with Crippen LogP contribution in [-0.4, -0.2) is 41.6 Å². The van der Waals surface area contributed by atoms with E-state index >= 15 is 0 Å². The van der Waals surface area contributed by atoms with Crippen molar-refractivity contribution in [3.05, 3.63) is 35.9 Å². The number of amides is 1. The lowest BCUT2D eigenvalue weighted by atomic mass is 9.99. The number of benzene rings is 1. The Labute approximate surface area is 136 Å². The van der Waals surface area contributed by atoms with Crippen LogP contribution in [0.15, 0.2) is 30.3 Å². The summed E-state index contributed by atoms with van der Waals surface area (Å²) in [6, 6.07) is 9.89. The highest BCUT2D eigenvalue weighted by Crippen LogP contribution is 2.40. The minimum Gasteiger partial charge on any atom is -0.481 e. The topological polar surface area (TPSA) is 66.8 Å². The van der Waals surface area contributed by atoms with Crippen LogP contribution < -0.4 is 0 Å². The van der Waals surface area contributed by atoms with Gasteiger partial charge in [0.1, 0.15) is 0 Å². The minimum atomic E-state index is -0.853. The Morgan fingerprint density at radius 3 is 2.43 bits per heavy atom. The largest absolute Gasteiger partial charge is 0.481 e. The summed E-state index contributed by atoms with van der Waals surface area (Å²) in [6.45, 7) is 2.75. The van der Waals surface area contributed by atoms with Gasteiger partial charge in [0.05, 0.1) is 11.8 Å². The Balaban J connectivity index is 1.67. The molecule has 1 heterocycles. The molecule has 0 aromatic heterocycles. The summed E-state index contributed by atoms with van der Waals surface area (Å²) in [7, 11) is 0. The number of nitrogens with zero attached hydrogens (tertiary/aromatic N) is 1. The van der Waals surface area contributed by atoms with Crippen molar-refractivity contribution in [3.63, 3.8) is 0 Å². The first-order valence-electron chi connectivity index (χ1n) is 8.28. The van der Waals surface area contributed by atoms with Crippen LogP contribution in [-0.2, 0) is 20.9 Å². The van der Waals surface area contributed by atoms with Gasteiger partial charge in [-0.2, -0.15) is 0 Å². The normalized spacial score (nSPS) is 24.2. The Kier molecular flexibility index (Phi) is 4.96. The standard InChI is InChI=1S/C18H23NO4/c20-17(15-10-16(15)18(21)22)19(11-13-4-2-1-3-5-13)12-14-6-8-23-9-7-14/h1-5,14-16H,6-12H2,(H,21,22)/t15-,16-/m1/s1. The summed E-state index contributed by atoms with van der Waals surface area (Å²) in [6.07, 6.45) is 2.41. The number of carboxylic acids is 1. The number of carbonyl (C=O) groups is 2. The number of ether oxygens (including phenoxy) is 1. The molecule has 1 amide bonds. The van der Waals surface area contributed by atoms with Crippen LogP contribution in [0.4, 0.5) is 0 Å². The van der Waals surface area contributed by atoms with Crippen molar-refractivity contribution in [3.8, 4) is 0 Å². The molecule has 0 unspecified atom stereocenters. The van der Waals surface area contributed by atoms with Gasteiger partial charge in [-0.1, -0.05) is 30.3 Å². The molecule has 5 nitrogen and oxygen atoms in total. The molecule has 1 aromatic carbocycles. The van der Waals surface area contributed by atoms with E-state index in [0.717, 1.165) is 31.6 Å². The van der Waals surface area contributed by atoms with Crippen LogP contribution in [0.5, 0.6) is 0 Å². The first-order valence-corrected chi connectivity index (χ1v) is 8.28. The molecule has 0 spiro atoms. The summed E-state index contributed by atoms with van der Waals surface area (Å²) in [5.41, 5.74) is 1.08. The van der Waals surface area contributed by atoms with Crippen molar-refractivity contribution in [1.82, 2.24) is 4.90 Å². The molecule has 23 heavy (non-hydrogen) atoms. The zero-order valence-electron chi connectivity index (χ0n) is 13.2. The number of carboxylic acid groups (broad SMARTS) is 1. The van der Waals surface area contributed by atoms with Gasteiger partial charge in [0.25, 0.3) is 0 Å². The van der Waals surface area contributed by atoms with Crippen LogP contribution in [0.2, 0.25) is 0 Å². The maximum Gasteiger partial charge on any atom is 0.307 e. The monoisotopic (exact) mass is 317 g/mol. The van der Waals surface area contributed by atoms with E-state index in [9.17, 15) is 9.59 Å². The van der Waals surface area contributed by atoms with E-state index in [1.807, 2.05) is 35.2 Å². The molecular weight excluding hydrogens is 294 g/mol. The third-order valence-electron chi connectivity index (χ3n) is 4.77. The van der Waals surface area contributed by atoms with Crippen molar-refractivity contribution in [2.45, 2.75) is 25.8 Å². The van der Waals surface area contributed by atoms with Gasteiger partial charge in [-0.25, -0.2) is 0 Å². The molecule has 5 heteroatoms.